The van der Waals surface area contributed by atoms with E-state index in [-0.39, 0.29) is 0 Å². The van der Waals surface area contributed by atoms with Gasteiger partial charge >= 0.3 is 0 Å². The zero-order valence-corrected chi connectivity index (χ0v) is 9.54. The molecule has 0 aliphatic carbocycles. The Hall–Kier alpha value is -0.890. The number of hydrogen-bond donors (Lipinski definition) is 1. The summed E-state index contributed by atoms with van der Waals surface area (Å²) < 4.78 is 0. The molecule has 0 radical (unpaired) electrons. The van der Waals surface area contributed by atoms with Crippen molar-refractivity contribution in [3.05, 3.63) is 29.6 Å². The lowest BCUT2D eigenvalue weighted by Gasteiger charge is -2.21. The second-order valence-corrected chi connectivity index (χ2v) is 3.85. The van der Waals surface area contributed by atoms with Gasteiger partial charge in [-0.25, -0.2) is 0 Å². The number of hydrogen-bond acceptors (Lipinski definition) is 2. The standard InChI is InChI=1S/C12H20N2/c1-5-11(13-4)10(3)12-7-6-9(2)8-14-12/h6-8,10-11,13H,5H2,1-4H3. The second kappa shape index (κ2) is 5.11. The van der Waals surface area contributed by atoms with Gasteiger partial charge in [-0.2, -0.15) is 0 Å². The topological polar surface area (TPSA) is 24.9 Å². The van der Waals surface area contributed by atoms with Gasteiger partial charge in [0.25, 0.3) is 0 Å². The maximum absolute atomic E-state index is 4.46. The quantitative estimate of drug-likeness (QED) is 0.792. The third-order valence-corrected chi connectivity index (χ3v) is 2.81. The number of pyridine rings is 1. The third-order valence-electron chi connectivity index (χ3n) is 2.81. The van der Waals surface area contributed by atoms with Gasteiger partial charge in [0.2, 0.25) is 0 Å². The van der Waals surface area contributed by atoms with Crippen LogP contribution in [0.5, 0.6) is 0 Å². The summed E-state index contributed by atoms with van der Waals surface area (Å²) in [6.45, 7) is 6.49. The van der Waals surface area contributed by atoms with E-state index in [1.807, 2.05) is 13.2 Å². The predicted octanol–water partition coefficient (Wildman–Crippen LogP) is 2.49. The molecule has 2 nitrogen and oxygen atoms in total. The molecular weight excluding hydrogens is 172 g/mol. The van der Waals surface area contributed by atoms with Gasteiger partial charge < -0.3 is 5.32 Å². The van der Waals surface area contributed by atoms with Gasteiger partial charge in [0.05, 0.1) is 0 Å². The minimum absolute atomic E-state index is 0.477. The molecule has 0 spiro atoms. The van der Waals surface area contributed by atoms with Crippen LogP contribution in [0.4, 0.5) is 0 Å². The molecule has 1 heterocycles. The van der Waals surface area contributed by atoms with Crippen LogP contribution in [0.3, 0.4) is 0 Å². The highest BCUT2D eigenvalue weighted by Gasteiger charge is 2.15. The van der Waals surface area contributed by atoms with Gasteiger partial charge in [-0.05, 0) is 32.0 Å². The second-order valence-electron chi connectivity index (χ2n) is 3.85. The van der Waals surface area contributed by atoms with Crippen LogP contribution in [-0.4, -0.2) is 18.1 Å². The maximum Gasteiger partial charge on any atom is 0.0447 e. The van der Waals surface area contributed by atoms with Crippen LogP contribution in [0.2, 0.25) is 0 Å². The molecule has 0 aromatic carbocycles. The molecule has 0 aliphatic heterocycles. The van der Waals surface area contributed by atoms with E-state index in [1.54, 1.807) is 0 Å². The van der Waals surface area contributed by atoms with Gasteiger partial charge in [0.1, 0.15) is 0 Å². The van der Waals surface area contributed by atoms with Gasteiger partial charge in [0, 0.05) is 23.9 Å². The molecule has 14 heavy (non-hydrogen) atoms. The summed E-state index contributed by atoms with van der Waals surface area (Å²) in [5.41, 5.74) is 2.40. The maximum atomic E-state index is 4.46. The zero-order chi connectivity index (χ0) is 10.6. The lowest BCUT2D eigenvalue weighted by molar-refractivity contribution is 0.465. The third kappa shape index (κ3) is 2.55. The molecule has 2 heteroatoms. The van der Waals surface area contributed by atoms with Crippen molar-refractivity contribution >= 4 is 0 Å². The number of aromatic nitrogens is 1. The Morgan fingerprint density at radius 2 is 2.14 bits per heavy atom. The molecule has 0 bridgehead atoms. The van der Waals surface area contributed by atoms with Gasteiger partial charge in [-0.3, -0.25) is 4.98 Å². The molecule has 1 aromatic heterocycles. The SMILES string of the molecule is CCC(NC)C(C)c1ccc(C)cn1. The first kappa shape index (κ1) is 11.2. The van der Waals surface area contributed by atoms with E-state index in [4.69, 9.17) is 0 Å². The van der Waals surface area contributed by atoms with Crippen LogP contribution >= 0.6 is 0 Å². The summed E-state index contributed by atoms with van der Waals surface area (Å²) in [7, 11) is 2.01. The van der Waals surface area contributed by atoms with E-state index in [9.17, 15) is 0 Å². The summed E-state index contributed by atoms with van der Waals surface area (Å²) >= 11 is 0. The van der Waals surface area contributed by atoms with Crippen LogP contribution in [-0.2, 0) is 0 Å². The van der Waals surface area contributed by atoms with E-state index in [0.29, 0.717) is 12.0 Å². The number of aryl methyl sites for hydroxylation is 1. The Labute approximate surface area is 86.8 Å². The number of likely N-dealkylation sites (N-methyl/N-ethyl adjacent to an activating group) is 1. The molecule has 2 unspecified atom stereocenters. The first-order valence-electron chi connectivity index (χ1n) is 5.28. The highest BCUT2D eigenvalue weighted by Crippen LogP contribution is 2.18. The molecule has 2 atom stereocenters. The smallest absolute Gasteiger partial charge is 0.0447 e. The summed E-state index contributed by atoms with van der Waals surface area (Å²) in [4.78, 5) is 4.46. The monoisotopic (exact) mass is 192 g/mol. The Morgan fingerprint density at radius 1 is 1.43 bits per heavy atom. The summed E-state index contributed by atoms with van der Waals surface area (Å²) in [5.74, 6) is 0.477. The molecule has 1 N–H and O–H groups in total. The van der Waals surface area contributed by atoms with Crippen molar-refractivity contribution in [3.8, 4) is 0 Å². The largest absolute Gasteiger partial charge is 0.316 e. The molecule has 1 aromatic rings. The minimum Gasteiger partial charge on any atom is -0.316 e. The first-order valence-corrected chi connectivity index (χ1v) is 5.28. The van der Waals surface area contributed by atoms with E-state index in [0.717, 1.165) is 6.42 Å². The fraction of sp³-hybridized carbons (Fsp3) is 0.583. The van der Waals surface area contributed by atoms with Crippen molar-refractivity contribution in [2.75, 3.05) is 7.05 Å². The van der Waals surface area contributed by atoms with Crippen LogP contribution in [0.25, 0.3) is 0 Å². The van der Waals surface area contributed by atoms with E-state index in [1.165, 1.54) is 11.3 Å². The van der Waals surface area contributed by atoms with Crippen molar-refractivity contribution in [2.45, 2.75) is 39.2 Å². The van der Waals surface area contributed by atoms with E-state index >= 15 is 0 Å². The van der Waals surface area contributed by atoms with Gasteiger partial charge in [-0.1, -0.05) is 19.9 Å². The molecule has 0 fully saturated rings. The lowest BCUT2D eigenvalue weighted by Crippen LogP contribution is -2.30. The Bertz CT molecular complexity index is 262. The average Bonchev–Trinajstić information content (AvgIpc) is 2.20. The average molecular weight is 192 g/mol. The normalized spacial score (nSPS) is 15.1. The predicted molar refractivity (Wildman–Crippen MR) is 60.5 cm³/mol. The van der Waals surface area contributed by atoms with E-state index in [2.05, 4.69) is 43.2 Å². The van der Waals surface area contributed by atoms with Crippen molar-refractivity contribution in [1.29, 1.82) is 0 Å². The highest BCUT2D eigenvalue weighted by molar-refractivity contribution is 5.16. The summed E-state index contributed by atoms with van der Waals surface area (Å²) in [5, 5.41) is 3.32. The Morgan fingerprint density at radius 3 is 2.57 bits per heavy atom. The molecular formula is C12H20N2. The number of nitrogens with one attached hydrogen (secondary N) is 1. The van der Waals surface area contributed by atoms with E-state index < -0.39 is 0 Å². The van der Waals surface area contributed by atoms with Crippen molar-refractivity contribution in [1.82, 2.24) is 10.3 Å². The molecule has 78 valence electrons. The van der Waals surface area contributed by atoms with Crippen molar-refractivity contribution in [2.24, 2.45) is 0 Å². The fourth-order valence-corrected chi connectivity index (χ4v) is 1.76. The number of nitrogens with zero attached hydrogens (tertiary/aromatic N) is 1. The number of rotatable bonds is 4. The summed E-state index contributed by atoms with van der Waals surface area (Å²) in [6.07, 6.45) is 3.07. The van der Waals surface area contributed by atoms with Crippen LogP contribution in [0.1, 0.15) is 37.4 Å². The van der Waals surface area contributed by atoms with Crippen LogP contribution in [0.15, 0.2) is 18.3 Å². The molecule has 0 aliphatic rings. The lowest BCUT2D eigenvalue weighted by atomic mass is 9.95. The molecule has 0 saturated carbocycles. The highest BCUT2D eigenvalue weighted by atomic mass is 14.9. The van der Waals surface area contributed by atoms with Crippen LogP contribution < -0.4 is 5.32 Å². The van der Waals surface area contributed by atoms with Crippen LogP contribution in [0, 0.1) is 6.92 Å². The molecule has 0 amide bonds. The Balaban J connectivity index is 2.77. The first-order chi connectivity index (χ1) is 6.69. The minimum atomic E-state index is 0.477. The van der Waals surface area contributed by atoms with Gasteiger partial charge in [0.15, 0.2) is 0 Å². The molecule has 1 rings (SSSR count). The molecule has 0 saturated heterocycles. The van der Waals surface area contributed by atoms with Crippen molar-refractivity contribution < 1.29 is 0 Å². The summed E-state index contributed by atoms with van der Waals surface area (Å²) in [6, 6.07) is 4.77. The van der Waals surface area contributed by atoms with Crippen molar-refractivity contribution in [3.63, 3.8) is 0 Å². The zero-order valence-electron chi connectivity index (χ0n) is 9.54. The van der Waals surface area contributed by atoms with Gasteiger partial charge in [-0.15, -0.1) is 0 Å². The fourth-order valence-electron chi connectivity index (χ4n) is 1.76. The Kier molecular flexibility index (Phi) is 4.08.